The molecule has 2 heterocycles. The van der Waals surface area contributed by atoms with Crippen LogP contribution in [0.1, 0.15) is 24.1 Å². The smallest absolute Gasteiger partial charge is 0.0534 e. The zero-order chi connectivity index (χ0) is 12.4. The van der Waals surface area contributed by atoms with Crippen LogP contribution in [0, 0.1) is 0 Å². The van der Waals surface area contributed by atoms with E-state index < -0.39 is 0 Å². The molecule has 92 valence electrons. The monoisotopic (exact) mass is 240 g/mol. The van der Waals surface area contributed by atoms with Gasteiger partial charge in [0.05, 0.1) is 6.20 Å². The SMILES string of the molecule is CC(NCc1ccc2cc[nH]c2c1)c1cn[nH]c1. The van der Waals surface area contributed by atoms with E-state index in [0.29, 0.717) is 6.04 Å². The first-order valence-electron chi connectivity index (χ1n) is 6.11. The number of fused-ring (bicyclic) bond motifs is 1. The number of nitrogens with one attached hydrogen (secondary N) is 3. The van der Waals surface area contributed by atoms with Gasteiger partial charge >= 0.3 is 0 Å². The molecule has 0 amide bonds. The molecule has 0 bridgehead atoms. The first-order chi connectivity index (χ1) is 8.83. The van der Waals surface area contributed by atoms with Crippen LogP contribution in [0.5, 0.6) is 0 Å². The van der Waals surface area contributed by atoms with Crippen LogP contribution in [0.25, 0.3) is 10.9 Å². The molecule has 1 unspecified atom stereocenters. The Labute approximate surface area is 105 Å². The van der Waals surface area contributed by atoms with E-state index in [1.165, 1.54) is 22.0 Å². The summed E-state index contributed by atoms with van der Waals surface area (Å²) in [6.07, 6.45) is 5.74. The normalized spacial score (nSPS) is 12.9. The second-order valence-corrected chi connectivity index (χ2v) is 4.53. The first kappa shape index (κ1) is 11.0. The van der Waals surface area contributed by atoms with Crippen LogP contribution in [0.3, 0.4) is 0 Å². The minimum Gasteiger partial charge on any atom is -0.361 e. The number of nitrogens with zero attached hydrogens (tertiary/aromatic N) is 1. The Morgan fingerprint density at radius 2 is 2.28 bits per heavy atom. The minimum absolute atomic E-state index is 0.295. The molecule has 4 nitrogen and oxygen atoms in total. The molecule has 1 atom stereocenters. The lowest BCUT2D eigenvalue weighted by atomic mass is 10.1. The third kappa shape index (κ3) is 2.15. The zero-order valence-corrected chi connectivity index (χ0v) is 10.3. The van der Waals surface area contributed by atoms with Crippen LogP contribution in [0.4, 0.5) is 0 Å². The number of aromatic amines is 2. The molecule has 0 spiro atoms. The third-order valence-corrected chi connectivity index (χ3v) is 3.25. The quantitative estimate of drug-likeness (QED) is 0.656. The maximum Gasteiger partial charge on any atom is 0.0534 e. The topological polar surface area (TPSA) is 56.5 Å². The van der Waals surface area contributed by atoms with E-state index in [1.807, 2.05) is 18.6 Å². The number of benzene rings is 1. The Morgan fingerprint density at radius 3 is 3.11 bits per heavy atom. The molecule has 0 fully saturated rings. The maximum absolute atomic E-state index is 3.96. The van der Waals surface area contributed by atoms with Gasteiger partial charge in [0.15, 0.2) is 0 Å². The lowest BCUT2D eigenvalue weighted by molar-refractivity contribution is 0.575. The van der Waals surface area contributed by atoms with Crippen LogP contribution < -0.4 is 5.32 Å². The standard InChI is InChI=1S/C14H16N4/c1-10(13-8-17-18-9-13)16-7-11-2-3-12-4-5-15-14(12)6-11/h2-6,8-10,15-16H,7H2,1H3,(H,17,18). The van der Waals surface area contributed by atoms with Gasteiger partial charge in [-0.2, -0.15) is 5.10 Å². The van der Waals surface area contributed by atoms with Gasteiger partial charge in [-0.3, -0.25) is 5.10 Å². The fourth-order valence-corrected chi connectivity index (χ4v) is 2.09. The predicted octanol–water partition coefficient (Wildman–Crippen LogP) is 2.74. The fraction of sp³-hybridized carbons (Fsp3) is 0.214. The van der Waals surface area contributed by atoms with Crippen molar-refractivity contribution in [1.82, 2.24) is 20.5 Å². The molecule has 0 aliphatic carbocycles. The summed E-state index contributed by atoms with van der Waals surface area (Å²) >= 11 is 0. The average molecular weight is 240 g/mol. The number of aromatic nitrogens is 3. The summed E-state index contributed by atoms with van der Waals surface area (Å²) in [5.74, 6) is 0. The molecule has 0 saturated heterocycles. The number of hydrogen-bond donors (Lipinski definition) is 3. The van der Waals surface area contributed by atoms with Crippen molar-refractivity contribution >= 4 is 10.9 Å². The van der Waals surface area contributed by atoms with E-state index in [1.54, 1.807) is 0 Å². The molecule has 1 aromatic carbocycles. The van der Waals surface area contributed by atoms with E-state index in [9.17, 15) is 0 Å². The zero-order valence-electron chi connectivity index (χ0n) is 10.3. The summed E-state index contributed by atoms with van der Waals surface area (Å²) in [5.41, 5.74) is 3.64. The summed E-state index contributed by atoms with van der Waals surface area (Å²) in [6.45, 7) is 2.99. The van der Waals surface area contributed by atoms with Crippen molar-refractivity contribution in [2.45, 2.75) is 19.5 Å². The summed E-state index contributed by atoms with van der Waals surface area (Å²) in [4.78, 5) is 3.23. The second kappa shape index (κ2) is 4.66. The van der Waals surface area contributed by atoms with E-state index >= 15 is 0 Å². The Hall–Kier alpha value is -2.07. The van der Waals surface area contributed by atoms with Gasteiger partial charge in [0.1, 0.15) is 0 Å². The molecule has 0 aliphatic heterocycles. The van der Waals surface area contributed by atoms with E-state index in [2.05, 4.69) is 51.7 Å². The van der Waals surface area contributed by atoms with Crippen molar-refractivity contribution in [1.29, 1.82) is 0 Å². The summed E-state index contributed by atoms with van der Waals surface area (Å²) in [5, 5.41) is 11.5. The van der Waals surface area contributed by atoms with Crippen molar-refractivity contribution in [3.05, 3.63) is 54.0 Å². The Bertz CT molecular complexity index is 624. The van der Waals surface area contributed by atoms with Gasteiger partial charge in [0.25, 0.3) is 0 Å². The molecule has 18 heavy (non-hydrogen) atoms. The molecule has 0 radical (unpaired) electrons. The molecule has 4 heteroatoms. The van der Waals surface area contributed by atoms with E-state index in [-0.39, 0.29) is 0 Å². The lowest BCUT2D eigenvalue weighted by Gasteiger charge is -2.11. The van der Waals surface area contributed by atoms with Gasteiger partial charge in [0.2, 0.25) is 0 Å². The molecular formula is C14H16N4. The Morgan fingerprint density at radius 1 is 1.33 bits per heavy atom. The van der Waals surface area contributed by atoms with Gasteiger partial charge < -0.3 is 10.3 Å². The highest BCUT2D eigenvalue weighted by Crippen LogP contribution is 2.15. The molecule has 0 saturated carbocycles. The van der Waals surface area contributed by atoms with Gasteiger partial charge in [-0.1, -0.05) is 12.1 Å². The fourth-order valence-electron chi connectivity index (χ4n) is 2.09. The molecule has 3 aromatic rings. The Kier molecular flexibility index (Phi) is 2.86. The molecular weight excluding hydrogens is 224 g/mol. The molecule has 2 aromatic heterocycles. The van der Waals surface area contributed by atoms with Crippen LogP contribution in [-0.4, -0.2) is 15.2 Å². The summed E-state index contributed by atoms with van der Waals surface area (Å²) < 4.78 is 0. The van der Waals surface area contributed by atoms with Gasteiger partial charge in [-0.05, 0) is 30.0 Å². The van der Waals surface area contributed by atoms with Crippen molar-refractivity contribution in [2.75, 3.05) is 0 Å². The van der Waals surface area contributed by atoms with Crippen LogP contribution in [0.2, 0.25) is 0 Å². The van der Waals surface area contributed by atoms with Gasteiger partial charge in [-0.25, -0.2) is 0 Å². The third-order valence-electron chi connectivity index (χ3n) is 3.25. The first-order valence-corrected chi connectivity index (χ1v) is 6.11. The maximum atomic E-state index is 3.96. The number of H-pyrrole nitrogens is 2. The number of hydrogen-bond acceptors (Lipinski definition) is 2. The molecule has 3 N–H and O–H groups in total. The predicted molar refractivity (Wildman–Crippen MR) is 72.1 cm³/mol. The van der Waals surface area contributed by atoms with E-state index in [0.717, 1.165) is 6.54 Å². The van der Waals surface area contributed by atoms with Gasteiger partial charge in [-0.15, -0.1) is 0 Å². The average Bonchev–Trinajstić information content (AvgIpc) is 3.05. The number of rotatable bonds is 4. The van der Waals surface area contributed by atoms with Crippen LogP contribution >= 0.6 is 0 Å². The van der Waals surface area contributed by atoms with E-state index in [4.69, 9.17) is 0 Å². The largest absolute Gasteiger partial charge is 0.361 e. The van der Waals surface area contributed by atoms with Crippen molar-refractivity contribution in [3.63, 3.8) is 0 Å². The minimum atomic E-state index is 0.295. The van der Waals surface area contributed by atoms with Crippen molar-refractivity contribution in [3.8, 4) is 0 Å². The molecule has 3 rings (SSSR count). The Balaban J connectivity index is 1.69. The lowest BCUT2D eigenvalue weighted by Crippen LogP contribution is -2.17. The van der Waals surface area contributed by atoms with Crippen molar-refractivity contribution in [2.24, 2.45) is 0 Å². The van der Waals surface area contributed by atoms with Crippen LogP contribution in [-0.2, 0) is 6.54 Å². The highest BCUT2D eigenvalue weighted by molar-refractivity contribution is 5.79. The highest BCUT2D eigenvalue weighted by atomic mass is 15.1. The summed E-state index contributed by atoms with van der Waals surface area (Å²) in [6, 6.07) is 8.87. The van der Waals surface area contributed by atoms with Crippen molar-refractivity contribution < 1.29 is 0 Å². The summed E-state index contributed by atoms with van der Waals surface area (Å²) in [7, 11) is 0. The second-order valence-electron chi connectivity index (χ2n) is 4.53. The highest BCUT2D eigenvalue weighted by Gasteiger charge is 2.05. The van der Waals surface area contributed by atoms with Gasteiger partial charge in [0, 0.05) is 36.1 Å². The molecule has 0 aliphatic rings. The van der Waals surface area contributed by atoms with Crippen LogP contribution in [0.15, 0.2) is 42.9 Å².